The Kier molecular flexibility index (Phi) is 4.31. The maximum absolute atomic E-state index is 12.8. The highest BCUT2D eigenvalue weighted by molar-refractivity contribution is 7.19. The molecule has 2 aromatic rings. The fourth-order valence-electron chi connectivity index (χ4n) is 2.86. The average molecular weight is 320 g/mol. The number of fused-ring (bicyclic) bond motifs is 1. The molecule has 22 heavy (non-hydrogen) atoms. The molecule has 0 saturated carbocycles. The van der Waals surface area contributed by atoms with Gasteiger partial charge in [-0.1, -0.05) is 6.92 Å². The van der Waals surface area contributed by atoms with E-state index in [2.05, 4.69) is 0 Å². The van der Waals surface area contributed by atoms with Crippen LogP contribution in [0.25, 0.3) is 10.1 Å². The Labute approximate surface area is 133 Å². The summed E-state index contributed by atoms with van der Waals surface area (Å²) in [5.74, 6) is -0.0431. The fourth-order valence-corrected chi connectivity index (χ4v) is 3.91. The molecule has 3 rings (SSSR count). The number of amides is 1. The number of rotatable bonds is 3. The number of hydrogen-bond donors (Lipinski definition) is 0. The first-order valence-corrected chi connectivity index (χ1v) is 8.44. The van der Waals surface area contributed by atoms with E-state index in [1.54, 1.807) is 9.47 Å². The van der Waals surface area contributed by atoms with Crippen molar-refractivity contribution in [1.29, 1.82) is 0 Å². The van der Waals surface area contributed by atoms with E-state index >= 15 is 0 Å². The number of thiophene rings is 1. The molecule has 5 nitrogen and oxygen atoms in total. The molecule has 1 aliphatic rings. The van der Waals surface area contributed by atoms with E-state index in [0.29, 0.717) is 43.8 Å². The standard InChI is InChI=1S/C16H20N2O3S/c1-3-5-17-6-4-12-14(16(17)20)13(11(2)22-12)15(19)18-7-9-21-10-8-18/h4,6H,3,5,7-10H2,1-2H3. The number of aryl methyl sites for hydroxylation is 2. The van der Waals surface area contributed by atoms with Gasteiger partial charge >= 0.3 is 0 Å². The van der Waals surface area contributed by atoms with Gasteiger partial charge in [0.2, 0.25) is 0 Å². The smallest absolute Gasteiger partial charge is 0.260 e. The van der Waals surface area contributed by atoms with Crippen LogP contribution in [0.2, 0.25) is 0 Å². The molecule has 1 amide bonds. The molecule has 118 valence electrons. The predicted molar refractivity (Wildman–Crippen MR) is 87.8 cm³/mol. The topological polar surface area (TPSA) is 51.5 Å². The molecule has 6 heteroatoms. The molecule has 1 fully saturated rings. The number of ether oxygens (including phenoxy) is 1. The van der Waals surface area contributed by atoms with E-state index in [1.807, 2.05) is 26.1 Å². The third-order valence-corrected chi connectivity index (χ3v) is 5.04. The number of carbonyl (C=O) groups is 1. The van der Waals surface area contributed by atoms with Gasteiger partial charge in [-0.05, 0) is 19.4 Å². The molecule has 0 N–H and O–H groups in total. The summed E-state index contributed by atoms with van der Waals surface area (Å²) in [7, 11) is 0. The summed E-state index contributed by atoms with van der Waals surface area (Å²) < 4.78 is 7.90. The van der Waals surface area contributed by atoms with Gasteiger partial charge in [-0.15, -0.1) is 11.3 Å². The van der Waals surface area contributed by atoms with E-state index in [4.69, 9.17) is 4.74 Å². The van der Waals surface area contributed by atoms with Crippen LogP contribution < -0.4 is 5.56 Å². The van der Waals surface area contributed by atoms with E-state index in [-0.39, 0.29) is 11.5 Å². The van der Waals surface area contributed by atoms with E-state index in [9.17, 15) is 9.59 Å². The molecule has 1 saturated heterocycles. The monoisotopic (exact) mass is 320 g/mol. The van der Waals surface area contributed by atoms with Crippen molar-refractivity contribution in [2.75, 3.05) is 26.3 Å². The maximum atomic E-state index is 12.8. The molecule has 2 aromatic heterocycles. The summed E-state index contributed by atoms with van der Waals surface area (Å²) in [5, 5.41) is 0.579. The molecule has 0 unspecified atom stereocenters. The highest BCUT2D eigenvalue weighted by Gasteiger charge is 2.25. The zero-order chi connectivity index (χ0) is 15.7. The van der Waals surface area contributed by atoms with Crippen LogP contribution in [0.4, 0.5) is 0 Å². The van der Waals surface area contributed by atoms with Crippen LogP contribution in [0, 0.1) is 6.92 Å². The Bertz CT molecular complexity index is 757. The molecular formula is C16H20N2O3S. The molecule has 0 radical (unpaired) electrons. The Balaban J connectivity index is 2.11. The molecule has 0 aliphatic carbocycles. The van der Waals surface area contributed by atoms with Crippen molar-refractivity contribution >= 4 is 27.3 Å². The minimum Gasteiger partial charge on any atom is -0.378 e. The highest BCUT2D eigenvalue weighted by atomic mass is 32.1. The summed E-state index contributed by atoms with van der Waals surface area (Å²) in [4.78, 5) is 28.3. The summed E-state index contributed by atoms with van der Waals surface area (Å²) in [6.45, 7) is 6.93. The Morgan fingerprint density at radius 1 is 1.36 bits per heavy atom. The number of nitrogens with zero attached hydrogens (tertiary/aromatic N) is 2. The van der Waals surface area contributed by atoms with Gasteiger partial charge in [0.25, 0.3) is 11.5 Å². The zero-order valence-corrected chi connectivity index (χ0v) is 13.7. The SMILES string of the molecule is CCCn1ccc2sc(C)c(C(=O)N3CCOCC3)c2c1=O. The normalized spacial score (nSPS) is 15.5. The van der Waals surface area contributed by atoms with Crippen molar-refractivity contribution in [3.63, 3.8) is 0 Å². The Hall–Kier alpha value is -1.66. The fraction of sp³-hybridized carbons (Fsp3) is 0.500. The van der Waals surface area contributed by atoms with Crippen LogP contribution in [-0.4, -0.2) is 41.7 Å². The zero-order valence-electron chi connectivity index (χ0n) is 12.9. The molecule has 3 heterocycles. The number of pyridine rings is 1. The summed E-state index contributed by atoms with van der Waals surface area (Å²) in [5.41, 5.74) is 0.526. The van der Waals surface area contributed by atoms with Crippen molar-refractivity contribution < 1.29 is 9.53 Å². The minimum absolute atomic E-state index is 0.0431. The molecular weight excluding hydrogens is 300 g/mol. The number of hydrogen-bond acceptors (Lipinski definition) is 4. The summed E-state index contributed by atoms with van der Waals surface area (Å²) in [6, 6.07) is 1.94. The van der Waals surface area contributed by atoms with Crippen molar-refractivity contribution in [1.82, 2.24) is 9.47 Å². The molecule has 0 spiro atoms. The van der Waals surface area contributed by atoms with E-state index in [1.165, 1.54) is 11.3 Å². The second-order valence-corrected chi connectivity index (χ2v) is 6.75. The molecule has 0 bridgehead atoms. The minimum atomic E-state index is -0.0553. The first kappa shape index (κ1) is 15.2. The maximum Gasteiger partial charge on any atom is 0.260 e. The van der Waals surface area contributed by atoms with Crippen LogP contribution in [0.15, 0.2) is 17.1 Å². The molecule has 0 atom stereocenters. The van der Waals surface area contributed by atoms with Gasteiger partial charge in [0.1, 0.15) is 0 Å². The molecule has 0 aromatic carbocycles. The van der Waals surface area contributed by atoms with Crippen LogP contribution in [-0.2, 0) is 11.3 Å². The highest BCUT2D eigenvalue weighted by Crippen LogP contribution is 2.29. The van der Waals surface area contributed by atoms with E-state index in [0.717, 1.165) is 16.0 Å². The van der Waals surface area contributed by atoms with E-state index < -0.39 is 0 Å². The van der Waals surface area contributed by atoms with Crippen LogP contribution >= 0.6 is 11.3 Å². The first-order valence-electron chi connectivity index (χ1n) is 7.63. The second-order valence-electron chi connectivity index (χ2n) is 5.49. The van der Waals surface area contributed by atoms with Crippen molar-refractivity contribution in [3.8, 4) is 0 Å². The largest absolute Gasteiger partial charge is 0.378 e. The van der Waals surface area contributed by atoms with Gasteiger partial charge in [0, 0.05) is 35.4 Å². The predicted octanol–water partition coefficient (Wildman–Crippen LogP) is 2.25. The quantitative estimate of drug-likeness (QED) is 0.871. The van der Waals surface area contributed by atoms with Gasteiger partial charge in [-0.25, -0.2) is 0 Å². The lowest BCUT2D eigenvalue weighted by molar-refractivity contribution is 0.0304. The average Bonchev–Trinajstić information content (AvgIpc) is 2.87. The summed E-state index contributed by atoms with van der Waals surface area (Å²) in [6.07, 6.45) is 2.72. The first-order chi connectivity index (χ1) is 10.6. The van der Waals surface area contributed by atoms with Gasteiger partial charge in [-0.3, -0.25) is 9.59 Å². The molecule has 1 aliphatic heterocycles. The van der Waals surface area contributed by atoms with Crippen LogP contribution in [0.3, 0.4) is 0 Å². The van der Waals surface area contributed by atoms with Gasteiger partial charge < -0.3 is 14.2 Å². The van der Waals surface area contributed by atoms with Gasteiger partial charge in [0.15, 0.2) is 0 Å². The van der Waals surface area contributed by atoms with Crippen molar-refractivity contribution in [2.45, 2.75) is 26.8 Å². The second kappa shape index (κ2) is 6.22. The van der Waals surface area contributed by atoms with Gasteiger partial charge in [0.05, 0.1) is 24.2 Å². The number of carbonyl (C=O) groups excluding carboxylic acids is 1. The summed E-state index contributed by atoms with van der Waals surface area (Å²) >= 11 is 1.52. The lowest BCUT2D eigenvalue weighted by Gasteiger charge is -2.27. The third kappa shape index (κ3) is 2.57. The van der Waals surface area contributed by atoms with Crippen molar-refractivity contribution in [3.05, 3.63) is 33.1 Å². The third-order valence-electron chi connectivity index (χ3n) is 3.97. The van der Waals surface area contributed by atoms with Crippen molar-refractivity contribution in [2.24, 2.45) is 0 Å². The van der Waals surface area contributed by atoms with Crippen LogP contribution in [0.1, 0.15) is 28.6 Å². The number of morpholine rings is 1. The Morgan fingerprint density at radius 2 is 2.09 bits per heavy atom. The lowest BCUT2D eigenvalue weighted by Crippen LogP contribution is -2.41. The lowest BCUT2D eigenvalue weighted by atomic mass is 10.1. The van der Waals surface area contributed by atoms with Gasteiger partial charge in [-0.2, -0.15) is 0 Å². The number of aromatic nitrogens is 1. The Morgan fingerprint density at radius 3 is 2.77 bits per heavy atom. The van der Waals surface area contributed by atoms with Crippen LogP contribution in [0.5, 0.6) is 0 Å².